The van der Waals surface area contributed by atoms with Gasteiger partial charge in [-0.1, -0.05) is 12.2 Å². The molecular weight excluding hydrogens is 474 g/mol. The quantitative estimate of drug-likeness (QED) is 0.362. The van der Waals surface area contributed by atoms with E-state index in [1.165, 1.54) is 18.2 Å². The molecule has 1 aliphatic rings. The van der Waals surface area contributed by atoms with Crippen LogP contribution in [0.1, 0.15) is 42.9 Å². The molecule has 1 aromatic heterocycles. The molecule has 0 bridgehead atoms. The molecule has 0 amide bonds. The van der Waals surface area contributed by atoms with E-state index in [2.05, 4.69) is 0 Å². The Kier molecular flexibility index (Phi) is 9.76. The molecule has 2 unspecified atom stereocenters. The van der Waals surface area contributed by atoms with Crippen molar-refractivity contribution < 1.29 is 29.2 Å². The first-order valence-electron chi connectivity index (χ1n) is 11.4. The summed E-state index contributed by atoms with van der Waals surface area (Å²) in [5.74, 6) is -0.00746. The SMILES string of the molecule is COc1ccc(-c2nc(-c3ccc(F)cc3)c(/C=C/C(O)CC(O)CC(=O)O)c(C3CC3)n2)cc1.[NaH]. The van der Waals surface area contributed by atoms with Crippen LogP contribution in [0.2, 0.25) is 0 Å². The number of hydrogen-bond acceptors (Lipinski definition) is 6. The van der Waals surface area contributed by atoms with Gasteiger partial charge in [0.25, 0.3) is 0 Å². The number of benzene rings is 2. The van der Waals surface area contributed by atoms with Gasteiger partial charge in [0, 0.05) is 29.0 Å². The third kappa shape index (κ3) is 7.21. The summed E-state index contributed by atoms with van der Waals surface area (Å²) in [5.41, 5.74) is 3.65. The molecular formula is C27H28FN2NaO5. The average Bonchev–Trinajstić information content (AvgIpc) is 3.68. The number of carbonyl (C=O) groups is 1. The van der Waals surface area contributed by atoms with Gasteiger partial charge < -0.3 is 20.1 Å². The number of ether oxygens (including phenoxy) is 1. The van der Waals surface area contributed by atoms with Crippen LogP contribution >= 0.6 is 0 Å². The van der Waals surface area contributed by atoms with Crippen molar-refractivity contribution in [3.8, 4) is 28.4 Å². The zero-order chi connectivity index (χ0) is 24.9. The topological polar surface area (TPSA) is 113 Å². The van der Waals surface area contributed by atoms with Crippen LogP contribution in [-0.4, -0.2) is 80.1 Å². The van der Waals surface area contributed by atoms with Crippen LogP contribution in [0.25, 0.3) is 28.7 Å². The number of nitrogens with zero attached hydrogens (tertiary/aromatic N) is 2. The number of aliphatic hydroxyl groups is 2. The first-order chi connectivity index (χ1) is 16.8. The van der Waals surface area contributed by atoms with Crippen LogP contribution in [-0.2, 0) is 4.79 Å². The number of halogens is 1. The first-order valence-corrected chi connectivity index (χ1v) is 11.4. The van der Waals surface area contributed by atoms with Crippen LogP contribution < -0.4 is 4.74 Å². The predicted octanol–water partition coefficient (Wildman–Crippen LogP) is 3.79. The zero-order valence-electron chi connectivity index (χ0n) is 19.3. The van der Waals surface area contributed by atoms with E-state index in [-0.39, 0.29) is 47.7 Å². The summed E-state index contributed by atoms with van der Waals surface area (Å²) in [7, 11) is 1.60. The molecule has 4 rings (SSSR count). The minimum atomic E-state index is -1.17. The first kappa shape index (κ1) is 28.0. The van der Waals surface area contributed by atoms with E-state index in [4.69, 9.17) is 19.8 Å². The minimum absolute atomic E-state index is 0. The van der Waals surface area contributed by atoms with Crippen molar-refractivity contribution >= 4 is 41.6 Å². The number of rotatable bonds is 10. The molecule has 0 spiro atoms. The van der Waals surface area contributed by atoms with Gasteiger partial charge in [-0.3, -0.25) is 4.79 Å². The van der Waals surface area contributed by atoms with Crippen LogP contribution in [0.4, 0.5) is 4.39 Å². The van der Waals surface area contributed by atoms with Crippen molar-refractivity contribution in [3.63, 3.8) is 0 Å². The van der Waals surface area contributed by atoms with Gasteiger partial charge >= 0.3 is 35.5 Å². The van der Waals surface area contributed by atoms with E-state index in [0.717, 1.165) is 24.1 Å². The van der Waals surface area contributed by atoms with E-state index in [9.17, 15) is 19.4 Å². The summed E-state index contributed by atoms with van der Waals surface area (Å²) < 4.78 is 18.9. The molecule has 0 saturated heterocycles. The summed E-state index contributed by atoms with van der Waals surface area (Å²) >= 11 is 0. The fourth-order valence-corrected chi connectivity index (χ4v) is 3.87. The van der Waals surface area contributed by atoms with Crippen molar-refractivity contribution in [2.45, 2.75) is 43.8 Å². The molecule has 1 heterocycles. The fraction of sp³-hybridized carbons (Fsp3) is 0.296. The van der Waals surface area contributed by atoms with Gasteiger partial charge in [-0.15, -0.1) is 0 Å². The molecule has 36 heavy (non-hydrogen) atoms. The maximum atomic E-state index is 13.6. The van der Waals surface area contributed by atoms with Crippen molar-refractivity contribution in [1.29, 1.82) is 0 Å². The number of carboxylic acid groups (broad SMARTS) is 1. The number of aliphatic carboxylic acids is 1. The van der Waals surface area contributed by atoms with E-state index < -0.39 is 24.6 Å². The van der Waals surface area contributed by atoms with Crippen LogP contribution in [0, 0.1) is 5.82 Å². The normalized spacial score (nSPS) is 14.8. The van der Waals surface area contributed by atoms with Gasteiger partial charge in [0.2, 0.25) is 0 Å². The van der Waals surface area contributed by atoms with Crippen molar-refractivity contribution in [1.82, 2.24) is 9.97 Å². The molecule has 184 valence electrons. The zero-order valence-corrected chi connectivity index (χ0v) is 19.3. The molecule has 1 saturated carbocycles. The predicted molar refractivity (Wildman–Crippen MR) is 136 cm³/mol. The second-order valence-corrected chi connectivity index (χ2v) is 8.62. The Labute approximate surface area is 231 Å². The van der Waals surface area contributed by atoms with Crippen LogP contribution in [0.3, 0.4) is 0 Å². The molecule has 7 nitrogen and oxygen atoms in total. The van der Waals surface area contributed by atoms with Gasteiger partial charge in [0.1, 0.15) is 11.6 Å². The van der Waals surface area contributed by atoms with Crippen molar-refractivity contribution in [2.24, 2.45) is 0 Å². The Balaban J connectivity index is 0.00000361. The number of hydrogen-bond donors (Lipinski definition) is 3. The number of methoxy groups -OCH3 is 1. The molecule has 0 aliphatic heterocycles. The van der Waals surface area contributed by atoms with E-state index in [0.29, 0.717) is 28.4 Å². The van der Waals surface area contributed by atoms with Gasteiger partial charge in [0.15, 0.2) is 5.82 Å². The second kappa shape index (κ2) is 12.6. The summed E-state index contributed by atoms with van der Waals surface area (Å²) in [4.78, 5) is 20.5. The van der Waals surface area contributed by atoms with Gasteiger partial charge in [0.05, 0.1) is 37.1 Å². The average molecular weight is 503 g/mol. The second-order valence-electron chi connectivity index (χ2n) is 8.62. The molecule has 2 aromatic carbocycles. The number of carboxylic acids is 1. The third-order valence-corrected chi connectivity index (χ3v) is 5.81. The Morgan fingerprint density at radius 3 is 2.31 bits per heavy atom. The number of aliphatic hydroxyl groups excluding tert-OH is 2. The van der Waals surface area contributed by atoms with Crippen molar-refractivity contribution in [3.05, 3.63) is 71.7 Å². The van der Waals surface area contributed by atoms with Gasteiger partial charge in [-0.2, -0.15) is 0 Å². The van der Waals surface area contributed by atoms with Crippen molar-refractivity contribution in [2.75, 3.05) is 7.11 Å². The van der Waals surface area contributed by atoms with E-state index in [1.807, 2.05) is 24.3 Å². The molecule has 2 atom stereocenters. The monoisotopic (exact) mass is 502 g/mol. The molecule has 0 radical (unpaired) electrons. The summed E-state index contributed by atoms with van der Waals surface area (Å²) in [6, 6.07) is 13.5. The summed E-state index contributed by atoms with van der Waals surface area (Å²) in [6.45, 7) is 0. The summed E-state index contributed by atoms with van der Waals surface area (Å²) in [5, 5.41) is 29.1. The summed E-state index contributed by atoms with van der Waals surface area (Å²) in [6.07, 6.45) is 2.39. The Bertz CT molecular complexity index is 1210. The molecule has 9 heteroatoms. The van der Waals surface area contributed by atoms with Crippen LogP contribution in [0.15, 0.2) is 54.6 Å². The van der Waals surface area contributed by atoms with E-state index >= 15 is 0 Å². The maximum absolute atomic E-state index is 13.6. The number of aromatic nitrogens is 2. The Morgan fingerprint density at radius 2 is 1.72 bits per heavy atom. The third-order valence-electron chi connectivity index (χ3n) is 5.81. The van der Waals surface area contributed by atoms with Gasteiger partial charge in [-0.25, -0.2) is 14.4 Å². The van der Waals surface area contributed by atoms with Gasteiger partial charge in [-0.05, 0) is 61.4 Å². The molecule has 3 N–H and O–H groups in total. The van der Waals surface area contributed by atoms with Crippen LogP contribution in [0.5, 0.6) is 5.75 Å². The fourth-order valence-electron chi connectivity index (χ4n) is 3.87. The van der Waals surface area contributed by atoms with E-state index in [1.54, 1.807) is 25.3 Å². The Hall–Kier alpha value is -2.62. The Morgan fingerprint density at radius 1 is 1.08 bits per heavy atom. The molecule has 1 aliphatic carbocycles. The standard InChI is InChI=1S/C27H27FN2O5.Na.H/c1-35-22-11-6-18(7-12-22)27-29-25(16-2-3-16)23(13-10-20(31)14-21(32)15-24(33)34)26(30-27)17-4-8-19(28)9-5-17;;/h4-13,16,20-21,31-32H,2-3,14-15H2,1H3,(H,33,34);;/b13-10+;;. The molecule has 3 aromatic rings. The molecule has 1 fully saturated rings.